The first kappa shape index (κ1) is 20.0. The van der Waals surface area contributed by atoms with Gasteiger partial charge in [0.15, 0.2) is 5.16 Å². The minimum absolute atomic E-state index is 0.0211. The molecule has 0 aliphatic rings. The van der Waals surface area contributed by atoms with Crippen molar-refractivity contribution in [1.29, 1.82) is 0 Å². The molecule has 0 saturated heterocycles. The highest BCUT2D eigenvalue weighted by Crippen LogP contribution is 2.23. The Hall–Kier alpha value is -2.77. The molecule has 6 nitrogen and oxygen atoms in total. The third-order valence-corrected chi connectivity index (χ3v) is 4.94. The number of aromatic nitrogens is 2. The van der Waals surface area contributed by atoms with Crippen LogP contribution < -0.4 is 15.6 Å². The highest BCUT2D eigenvalue weighted by molar-refractivity contribution is 7.98. The van der Waals surface area contributed by atoms with E-state index in [1.165, 1.54) is 24.9 Å². The Labute approximate surface area is 171 Å². The Morgan fingerprint density at radius 3 is 2.82 bits per heavy atom. The van der Waals surface area contributed by atoms with Gasteiger partial charge in [0, 0.05) is 16.8 Å². The van der Waals surface area contributed by atoms with Gasteiger partial charge in [0.25, 0.3) is 5.56 Å². The number of anilines is 1. The van der Waals surface area contributed by atoms with Crippen LogP contribution in [0.3, 0.4) is 0 Å². The molecule has 0 spiro atoms. The molecule has 0 aliphatic heterocycles. The molecule has 0 fully saturated rings. The van der Waals surface area contributed by atoms with Crippen molar-refractivity contribution in [2.75, 3.05) is 12.4 Å². The van der Waals surface area contributed by atoms with Crippen LogP contribution in [0.5, 0.6) is 5.75 Å². The van der Waals surface area contributed by atoms with Gasteiger partial charge >= 0.3 is 0 Å². The molecular formula is C20H18ClN3O3S. The molecule has 0 saturated carbocycles. The number of carbonyl (C=O) groups excluding carboxylic acids is 1. The van der Waals surface area contributed by atoms with E-state index < -0.39 is 0 Å². The van der Waals surface area contributed by atoms with Crippen molar-refractivity contribution in [3.05, 3.63) is 81.2 Å². The number of methoxy groups -OCH3 is 1. The first-order valence-corrected chi connectivity index (χ1v) is 9.80. The molecule has 3 aromatic rings. The number of nitrogens with zero attached hydrogens (tertiary/aromatic N) is 1. The molecule has 144 valence electrons. The second kappa shape index (κ2) is 9.43. The van der Waals surface area contributed by atoms with E-state index in [0.717, 1.165) is 5.56 Å². The largest absolute Gasteiger partial charge is 0.495 e. The highest BCUT2D eigenvalue weighted by Gasteiger charge is 2.11. The highest BCUT2D eigenvalue weighted by atomic mass is 35.5. The Kier molecular flexibility index (Phi) is 6.73. The van der Waals surface area contributed by atoms with Gasteiger partial charge in [0.05, 0.1) is 24.9 Å². The van der Waals surface area contributed by atoms with E-state index in [9.17, 15) is 9.59 Å². The summed E-state index contributed by atoms with van der Waals surface area (Å²) in [5.74, 6) is 0.876. The standard InChI is InChI=1S/C20H18ClN3O3S/c1-27-17-8-3-2-7-16(17)23-18(25)10-15-11-19(26)24-20(22-15)28-12-13-5-4-6-14(21)9-13/h2-9,11H,10,12H2,1H3,(H,23,25)(H,22,24,26). The maximum atomic E-state index is 12.3. The minimum atomic E-state index is -0.302. The summed E-state index contributed by atoms with van der Waals surface area (Å²) in [7, 11) is 1.53. The van der Waals surface area contributed by atoms with Crippen molar-refractivity contribution >= 4 is 35.0 Å². The Morgan fingerprint density at radius 2 is 2.04 bits per heavy atom. The third kappa shape index (κ3) is 5.61. The molecule has 0 radical (unpaired) electrons. The van der Waals surface area contributed by atoms with E-state index in [1.807, 2.05) is 24.3 Å². The summed E-state index contributed by atoms with van der Waals surface area (Å²) in [6.45, 7) is 0. The van der Waals surface area contributed by atoms with Crippen LogP contribution in [0.25, 0.3) is 0 Å². The second-order valence-electron chi connectivity index (χ2n) is 5.89. The average Bonchev–Trinajstić information content (AvgIpc) is 2.66. The average molecular weight is 416 g/mol. The smallest absolute Gasteiger partial charge is 0.251 e. The summed E-state index contributed by atoms with van der Waals surface area (Å²) in [5, 5.41) is 3.88. The second-order valence-corrected chi connectivity index (χ2v) is 7.29. The Morgan fingerprint density at radius 1 is 1.21 bits per heavy atom. The maximum Gasteiger partial charge on any atom is 0.251 e. The molecule has 1 amide bonds. The van der Waals surface area contributed by atoms with E-state index in [4.69, 9.17) is 16.3 Å². The number of nitrogens with one attached hydrogen (secondary N) is 2. The summed E-state index contributed by atoms with van der Waals surface area (Å²) >= 11 is 7.36. The molecule has 1 heterocycles. The molecule has 3 rings (SSSR count). The van der Waals surface area contributed by atoms with E-state index in [0.29, 0.717) is 33.1 Å². The monoisotopic (exact) mass is 415 g/mol. The normalized spacial score (nSPS) is 10.5. The van der Waals surface area contributed by atoms with E-state index in [-0.39, 0.29) is 17.9 Å². The number of amides is 1. The molecule has 0 atom stereocenters. The van der Waals surface area contributed by atoms with Gasteiger partial charge in [-0.2, -0.15) is 0 Å². The predicted octanol–water partition coefficient (Wildman–Crippen LogP) is 3.91. The van der Waals surface area contributed by atoms with Crippen molar-refractivity contribution < 1.29 is 9.53 Å². The minimum Gasteiger partial charge on any atom is -0.495 e. The van der Waals surface area contributed by atoms with Crippen LogP contribution in [-0.2, 0) is 17.0 Å². The number of ether oxygens (including phenoxy) is 1. The molecule has 8 heteroatoms. The predicted molar refractivity (Wildman–Crippen MR) is 111 cm³/mol. The summed E-state index contributed by atoms with van der Waals surface area (Å²) in [5.41, 5.74) is 1.67. The molecule has 0 bridgehead atoms. The molecule has 0 aliphatic carbocycles. The first-order chi connectivity index (χ1) is 13.5. The molecule has 2 aromatic carbocycles. The number of carbonyl (C=O) groups is 1. The molecular weight excluding hydrogens is 398 g/mol. The quantitative estimate of drug-likeness (QED) is 0.451. The fraction of sp³-hybridized carbons (Fsp3) is 0.150. The van der Waals surface area contributed by atoms with Gasteiger partial charge in [-0.1, -0.05) is 47.6 Å². The van der Waals surface area contributed by atoms with Gasteiger partial charge < -0.3 is 15.0 Å². The summed E-state index contributed by atoms with van der Waals surface area (Å²) in [6.07, 6.45) is -0.0211. The summed E-state index contributed by atoms with van der Waals surface area (Å²) < 4.78 is 5.22. The van der Waals surface area contributed by atoms with Crippen molar-refractivity contribution in [3.63, 3.8) is 0 Å². The molecule has 28 heavy (non-hydrogen) atoms. The zero-order valence-corrected chi connectivity index (χ0v) is 16.6. The fourth-order valence-corrected chi connectivity index (χ4v) is 3.58. The zero-order valence-electron chi connectivity index (χ0n) is 15.1. The van der Waals surface area contributed by atoms with Crippen LogP contribution in [0.1, 0.15) is 11.3 Å². The van der Waals surface area contributed by atoms with Crippen molar-refractivity contribution in [2.45, 2.75) is 17.3 Å². The van der Waals surface area contributed by atoms with Crippen LogP contribution in [-0.4, -0.2) is 23.0 Å². The number of halogens is 1. The van der Waals surface area contributed by atoms with Crippen LogP contribution in [0, 0.1) is 0 Å². The topological polar surface area (TPSA) is 84.1 Å². The number of aromatic amines is 1. The van der Waals surface area contributed by atoms with Gasteiger partial charge in [-0.25, -0.2) is 4.98 Å². The SMILES string of the molecule is COc1ccccc1NC(=O)Cc1cc(=O)[nH]c(SCc2cccc(Cl)c2)n1. The maximum absolute atomic E-state index is 12.3. The molecule has 0 unspecified atom stereocenters. The van der Waals surface area contributed by atoms with Crippen molar-refractivity contribution in [3.8, 4) is 5.75 Å². The van der Waals surface area contributed by atoms with E-state index >= 15 is 0 Å². The number of para-hydroxylation sites is 2. The zero-order chi connectivity index (χ0) is 19.9. The van der Waals surface area contributed by atoms with Crippen molar-refractivity contribution in [1.82, 2.24) is 9.97 Å². The number of rotatable bonds is 7. The van der Waals surface area contributed by atoms with Gasteiger partial charge in [0.2, 0.25) is 5.91 Å². The summed E-state index contributed by atoms with van der Waals surface area (Å²) in [6, 6.07) is 15.9. The fourth-order valence-electron chi connectivity index (χ4n) is 2.53. The van der Waals surface area contributed by atoms with Crippen LogP contribution in [0.4, 0.5) is 5.69 Å². The first-order valence-electron chi connectivity index (χ1n) is 8.44. The van der Waals surface area contributed by atoms with E-state index in [1.54, 1.807) is 24.3 Å². The number of benzene rings is 2. The van der Waals surface area contributed by atoms with Crippen LogP contribution in [0.15, 0.2) is 64.5 Å². The Bertz CT molecular complexity index is 1040. The van der Waals surface area contributed by atoms with Crippen molar-refractivity contribution in [2.24, 2.45) is 0 Å². The van der Waals surface area contributed by atoms with Gasteiger partial charge in [-0.15, -0.1) is 0 Å². The lowest BCUT2D eigenvalue weighted by Gasteiger charge is -2.10. The molecule has 2 N–H and O–H groups in total. The number of hydrogen-bond donors (Lipinski definition) is 2. The lowest BCUT2D eigenvalue weighted by atomic mass is 10.2. The van der Waals surface area contributed by atoms with Gasteiger partial charge in [0.1, 0.15) is 5.75 Å². The number of H-pyrrole nitrogens is 1. The number of thioether (sulfide) groups is 1. The van der Waals surface area contributed by atoms with Crippen LogP contribution >= 0.6 is 23.4 Å². The van der Waals surface area contributed by atoms with Gasteiger partial charge in [-0.3, -0.25) is 9.59 Å². The Balaban J connectivity index is 1.67. The van der Waals surface area contributed by atoms with E-state index in [2.05, 4.69) is 15.3 Å². The molecule has 1 aromatic heterocycles. The summed E-state index contributed by atoms with van der Waals surface area (Å²) in [4.78, 5) is 31.3. The van der Waals surface area contributed by atoms with Gasteiger partial charge in [-0.05, 0) is 29.8 Å². The number of hydrogen-bond acceptors (Lipinski definition) is 5. The lowest BCUT2D eigenvalue weighted by Crippen LogP contribution is -2.18. The third-order valence-electron chi connectivity index (χ3n) is 3.76. The lowest BCUT2D eigenvalue weighted by molar-refractivity contribution is -0.115. The van der Waals surface area contributed by atoms with Crippen LogP contribution in [0.2, 0.25) is 5.02 Å².